The van der Waals surface area contributed by atoms with Crippen LogP contribution in [0.25, 0.3) is 17.0 Å². The van der Waals surface area contributed by atoms with Crippen LogP contribution >= 0.6 is 31.9 Å². The molecule has 84 valence electrons. The summed E-state index contributed by atoms with van der Waals surface area (Å²) in [6.45, 7) is 0. The Labute approximate surface area is 115 Å². The van der Waals surface area contributed by atoms with Gasteiger partial charge in [-0.3, -0.25) is 0 Å². The minimum atomic E-state index is 0.732. The first-order chi connectivity index (χ1) is 8.22. The van der Waals surface area contributed by atoms with E-state index in [0.29, 0.717) is 0 Å². The number of hydrogen-bond donors (Lipinski definition) is 0. The Morgan fingerprint density at radius 2 is 1.59 bits per heavy atom. The number of aromatic nitrogens is 3. The molecule has 3 aromatic rings. The molecule has 0 unspecified atom stereocenters. The second-order valence-electron chi connectivity index (χ2n) is 3.59. The lowest BCUT2D eigenvalue weighted by molar-refractivity contribution is 0.961. The molecule has 0 radical (unpaired) electrons. The maximum absolute atomic E-state index is 4.47. The van der Waals surface area contributed by atoms with E-state index in [9.17, 15) is 0 Å². The predicted molar refractivity (Wildman–Crippen MR) is 73.8 cm³/mol. The lowest BCUT2D eigenvalue weighted by Crippen LogP contribution is -1.86. The largest absolute Gasteiger partial charge is 0.219 e. The van der Waals surface area contributed by atoms with Gasteiger partial charge < -0.3 is 0 Å². The molecule has 0 N–H and O–H groups in total. The third-order valence-corrected chi connectivity index (χ3v) is 3.40. The fourth-order valence-corrected chi connectivity index (χ4v) is 2.17. The molecule has 17 heavy (non-hydrogen) atoms. The SMILES string of the molecule is Brc1ccc(-c2nc3ccc(Br)cn3n2)cc1. The van der Waals surface area contributed by atoms with E-state index >= 15 is 0 Å². The van der Waals surface area contributed by atoms with E-state index in [4.69, 9.17) is 0 Å². The van der Waals surface area contributed by atoms with Crippen molar-refractivity contribution >= 4 is 37.5 Å². The lowest BCUT2D eigenvalue weighted by Gasteiger charge is -1.94. The molecule has 2 aromatic heterocycles. The summed E-state index contributed by atoms with van der Waals surface area (Å²) in [4.78, 5) is 4.47. The molecule has 0 atom stereocenters. The van der Waals surface area contributed by atoms with Gasteiger partial charge in [0.2, 0.25) is 0 Å². The number of halogens is 2. The molecular formula is C12H7Br2N3. The van der Waals surface area contributed by atoms with Crippen molar-refractivity contribution in [2.24, 2.45) is 0 Å². The molecule has 0 spiro atoms. The monoisotopic (exact) mass is 351 g/mol. The van der Waals surface area contributed by atoms with Gasteiger partial charge in [0.25, 0.3) is 0 Å². The third-order valence-electron chi connectivity index (χ3n) is 2.40. The quantitative estimate of drug-likeness (QED) is 0.664. The predicted octanol–water partition coefficient (Wildman–Crippen LogP) is 3.92. The van der Waals surface area contributed by atoms with Crippen LogP contribution in [0.15, 0.2) is 51.5 Å². The summed E-state index contributed by atoms with van der Waals surface area (Å²) in [5.74, 6) is 0.732. The van der Waals surface area contributed by atoms with Gasteiger partial charge in [0.15, 0.2) is 11.5 Å². The Morgan fingerprint density at radius 3 is 2.35 bits per heavy atom. The van der Waals surface area contributed by atoms with Crippen molar-refractivity contribution in [2.75, 3.05) is 0 Å². The lowest BCUT2D eigenvalue weighted by atomic mass is 10.2. The summed E-state index contributed by atoms with van der Waals surface area (Å²) in [6, 6.07) is 11.8. The summed E-state index contributed by atoms with van der Waals surface area (Å²) < 4.78 is 3.80. The number of benzene rings is 1. The normalized spacial score (nSPS) is 10.9. The third kappa shape index (κ3) is 2.12. The van der Waals surface area contributed by atoms with Crippen molar-refractivity contribution in [1.29, 1.82) is 0 Å². The number of fused-ring (bicyclic) bond motifs is 1. The molecule has 0 saturated carbocycles. The van der Waals surface area contributed by atoms with Crippen molar-refractivity contribution < 1.29 is 0 Å². The van der Waals surface area contributed by atoms with Gasteiger partial charge >= 0.3 is 0 Å². The van der Waals surface area contributed by atoms with E-state index < -0.39 is 0 Å². The first kappa shape index (κ1) is 10.9. The minimum absolute atomic E-state index is 0.732. The first-order valence-electron chi connectivity index (χ1n) is 5.00. The second kappa shape index (κ2) is 4.23. The van der Waals surface area contributed by atoms with Crippen molar-refractivity contribution in [3.05, 3.63) is 51.5 Å². The number of pyridine rings is 1. The Kier molecular flexibility index (Phi) is 2.72. The van der Waals surface area contributed by atoms with E-state index in [1.54, 1.807) is 4.52 Å². The first-order valence-corrected chi connectivity index (χ1v) is 6.59. The fraction of sp³-hybridized carbons (Fsp3) is 0. The molecule has 1 aromatic carbocycles. The van der Waals surface area contributed by atoms with Gasteiger partial charge in [-0.25, -0.2) is 9.50 Å². The van der Waals surface area contributed by atoms with Crippen LogP contribution in [-0.2, 0) is 0 Å². The second-order valence-corrected chi connectivity index (χ2v) is 5.42. The summed E-state index contributed by atoms with van der Waals surface area (Å²) >= 11 is 6.82. The summed E-state index contributed by atoms with van der Waals surface area (Å²) in [6.07, 6.45) is 1.89. The number of nitrogens with zero attached hydrogens (tertiary/aromatic N) is 3. The van der Waals surface area contributed by atoms with Gasteiger partial charge in [-0.15, -0.1) is 5.10 Å². The Balaban J connectivity index is 2.14. The zero-order chi connectivity index (χ0) is 11.8. The molecule has 0 amide bonds. The molecule has 0 saturated heterocycles. The number of rotatable bonds is 1. The van der Waals surface area contributed by atoms with E-state index in [1.165, 1.54) is 0 Å². The van der Waals surface area contributed by atoms with Gasteiger partial charge in [-0.2, -0.15) is 0 Å². The Bertz CT molecular complexity index is 674. The highest BCUT2D eigenvalue weighted by Crippen LogP contribution is 2.20. The molecular weight excluding hydrogens is 346 g/mol. The Hall–Kier alpha value is -1.20. The highest BCUT2D eigenvalue weighted by atomic mass is 79.9. The van der Waals surface area contributed by atoms with Crippen LogP contribution < -0.4 is 0 Å². The summed E-state index contributed by atoms with van der Waals surface area (Å²) in [5, 5.41) is 4.43. The Morgan fingerprint density at radius 1 is 0.882 bits per heavy atom. The highest BCUT2D eigenvalue weighted by Gasteiger charge is 2.05. The fourth-order valence-electron chi connectivity index (χ4n) is 1.58. The maximum Gasteiger partial charge on any atom is 0.182 e. The minimum Gasteiger partial charge on any atom is -0.219 e. The van der Waals surface area contributed by atoms with Gasteiger partial charge in [-0.05, 0) is 40.2 Å². The average Bonchev–Trinajstić information content (AvgIpc) is 2.72. The molecule has 2 heterocycles. The van der Waals surface area contributed by atoms with Crippen LogP contribution in [0.1, 0.15) is 0 Å². The van der Waals surface area contributed by atoms with Crippen LogP contribution in [-0.4, -0.2) is 14.6 Å². The van der Waals surface area contributed by atoms with Crippen molar-refractivity contribution in [1.82, 2.24) is 14.6 Å². The molecule has 3 nitrogen and oxygen atoms in total. The van der Waals surface area contributed by atoms with Crippen molar-refractivity contribution in [3.63, 3.8) is 0 Å². The zero-order valence-electron chi connectivity index (χ0n) is 8.64. The average molecular weight is 353 g/mol. The smallest absolute Gasteiger partial charge is 0.182 e. The standard InChI is InChI=1S/C12H7Br2N3/c13-9-3-1-8(2-4-9)12-15-11-6-5-10(14)7-17(11)16-12/h1-7H. The maximum atomic E-state index is 4.47. The van der Waals surface area contributed by atoms with Gasteiger partial charge in [-0.1, -0.05) is 28.1 Å². The number of hydrogen-bond acceptors (Lipinski definition) is 2. The molecule has 0 bridgehead atoms. The van der Waals surface area contributed by atoms with Gasteiger partial charge in [0, 0.05) is 20.7 Å². The van der Waals surface area contributed by atoms with Crippen molar-refractivity contribution in [2.45, 2.75) is 0 Å². The van der Waals surface area contributed by atoms with Gasteiger partial charge in [0.1, 0.15) is 0 Å². The summed E-state index contributed by atoms with van der Waals surface area (Å²) in [5.41, 5.74) is 1.85. The topological polar surface area (TPSA) is 30.2 Å². The van der Waals surface area contributed by atoms with Crippen molar-refractivity contribution in [3.8, 4) is 11.4 Å². The van der Waals surface area contributed by atoms with E-state index in [0.717, 1.165) is 26.0 Å². The zero-order valence-corrected chi connectivity index (χ0v) is 11.8. The molecule has 0 aliphatic rings. The van der Waals surface area contributed by atoms with E-state index in [1.807, 2.05) is 42.6 Å². The molecule has 0 fully saturated rings. The van der Waals surface area contributed by atoms with Crippen LogP contribution in [0.3, 0.4) is 0 Å². The van der Waals surface area contributed by atoms with Crippen LogP contribution in [0.4, 0.5) is 0 Å². The van der Waals surface area contributed by atoms with Gasteiger partial charge in [0.05, 0.1) is 0 Å². The van der Waals surface area contributed by atoms with E-state index in [-0.39, 0.29) is 0 Å². The van der Waals surface area contributed by atoms with Crippen LogP contribution in [0.5, 0.6) is 0 Å². The van der Waals surface area contributed by atoms with Crippen LogP contribution in [0, 0.1) is 0 Å². The molecule has 0 aliphatic heterocycles. The molecule has 0 aliphatic carbocycles. The summed E-state index contributed by atoms with van der Waals surface area (Å²) in [7, 11) is 0. The highest BCUT2D eigenvalue weighted by molar-refractivity contribution is 9.10. The van der Waals surface area contributed by atoms with Crippen LogP contribution in [0.2, 0.25) is 0 Å². The van der Waals surface area contributed by atoms with E-state index in [2.05, 4.69) is 41.9 Å². The molecule has 5 heteroatoms. The molecule has 3 rings (SSSR count).